The lowest BCUT2D eigenvalue weighted by Gasteiger charge is -2.20. The molecular weight excluding hydrogens is 340 g/mol. The molecule has 0 saturated carbocycles. The second-order valence-corrected chi connectivity index (χ2v) is 6.01. The van der Waals surface area contributed by atoms with Gasteiger partial charge in [-0.1, -0.05) is 13.8 Å². The number of fused-ring (bicyclic) bond motifs is 1. The molecule has 2 rings (SSSR count). The summed E-state index contributed by atoms with van der Waals surface area (Å²) in [6.45, 7) is 7.92. The van der Waals surface area contributed by atoms with Crippen molar-refractivity contribution in [2.75, 3.05) is 13.2 Å². The summed E-state index contributed by atoms with van der Waals surface area (Å²) in [4.78, 5) is 40.6. The maximum atomic E-state index is 12.2. The summed E-state index contributed by atoms with van der Waals surface area (Å²) in [6.07, 6.45) is 1.38. The van der Waals surface area contributed by atoms with Gasteiger partial charge in [0.2, 0.25) is 0 Å². The van der Waals surface area contributed by atoms with Gasteiger partial charge in [-0.05, 0) is 19.8 Å². The van der Waals surface area contributed by atoms with Crippen molar-refractivity contribution in [1.29, 1.82) is 0 Å². The zero-order valence-corrected chi connectivity index (χ0v) is 15.4. The average Bonchev–Trinajstić information content (AvgIpc) is 2.99. The highest BCUT2D eigenvalue weighted by Gasteiger charge is 2.23. The van der Waals surface area contributed by atoms with E-state index in [9.17, 15) is 14.4 Å². The number of hydrogen-bond acceptors (Lipinski definition) is 7. The van der Waals surface area contributed by atoms with Gasteiger partial charge in [-0.25, -0.2) is 14.3 Å². The third kappa shape index (κ3) is 4.29. The molecule has 0 aromatic carbocycles. The summed E-state index contributed by atoms with van der Waals surface area (Å²) in [7, 11) is 0. The summed E-state index contributed by atoms with van der Waals surface area (Å²) in [5, 5.41) is 5.75. The maximum absolute atomic E-state index is 12.2. The van der Waals surface area contributed by atoms with Crippen LogP contribution >= 0.6 is 0 Å². The number of aromatic amines is 1. The quantitative estimate of drug-likeness (QED) is 0.668. The number of carbonyl (C=O) groups excluding carboxylic acids is 2. The van der Waals surface area contributed by atoms with E-state index in [1.54, 1.807) is 13.8 Å². The summed E-state index contributed by atoms with van der Waals surface area (Å²) >= 11 is 0. The van der Waals surface area contributed by atoms with Gasteiger partial charge >= 0.3 is 11.9 Å². The van der Waals surface area contributed by atoms with Crippen molar-refractivity contribution in [3.05, 3.63) is 33.9 Å². The van der Waals surface area contributed by atoms with Gasteiger partial charge in [0.05, 0.1) is 18.9 Å². The van der Waals surface area contributed by atoms with Gasteiger partial charge in [0, 0.05) is 18.8 Å². The molecule has 9 nitrogen and oxygen atoms in total. The zero-order valence-electron chi connectivity index (χ0n) is 15.4. The Morgan fingerprint density at radius 2 is 1.96 bits per heavy atom. The number of rotatable bonds is 8. The fourth-order valence-corrected chi connectivity index (χ4v) is 2.52. The van der Waals surface area contributed by atoms with Crippen LogP contribution in [0.4, 0.5) is 0 Å². The Labute approximate surface area is 150 Å². The molecule has 26 heavy (non-hydrogen) atoms. The SMILES string of the molecule is CCOC(=O)c1c[nH]n2c(=O)cc(CN[C@H](C(=O)OCC)C(C)C)nc12. The lowest BCUT2D eigenvalue weighted by molar-refractivity contribution is -0.146. The second kappa shape index (κ2) is 8.61. The lowest BCUT2D eigenvalue weighted by Crippen LogP contribution is -2.42. The van der Waals surface area contributed by atoms with Crippen molar-refractivity contribution < 1.29 is 19.1 Å². The number of esters is 2. The van der Waals surface area contributed by atoms with Crippen LogP contribution in [0.25, 0.3) is 5.65 Å². The molecule has 2 heterocycles. The van der Waals surface area contributed by atoms with E-state index in [1.807, 2.05) is 13.8 Å². The van der Waals surface area contributed by atoms with Crippen LogP contribution in [0.5, 0.6) is 0 Å². The van der Waals surface area contributed by atoms with Crippen LogP contribution in [-0.2, 0) is 20.8 Å². The predicted octanol–water partition coefficient (Wildman–Crippen LogP) is 0.877. The number of nitrogens with one attached hydrogen (secondary N) is 2. The number of hydrogen-bond donors (Lipinski definition) is 2. The van der Waals surface area contributed by atoms with Crippen LogP contribution < -0.4 is 10.9 Å². The summed E-state index contributed by atoms with van der Waals surface area (Å²) in [5.41, 5.74) is 0.413. The first kappa shape index (κ1) is 19.6. The number of ether oxygens (including phenoxy) is 2. The fourth-order valence-electron chi connectivity index (χ4n) is 2.52. The first-order valence-electron chi connectivity index (χ1n) is 8.56. The van der Waals surface area contributed by atoms with Crippen LogP contribution in [0.3, 0.4) is 0 Å². The van der Waals surface area contributed by atoms with Gasteiger partial charge in [-0.15, -0.1) is 0 Å². The summed E-state index contributed by atoms with van der Waals surface area (Å²) in [5.74, 6) is -0.912. The van der Waals surface area contributed by atoms with Crippen LogP contribution in [-0.4, -0.2) is 45.8 Å². The Kier molecular flexibility index (Phi) is 6.51. The fraction of sp³-hybridized carbons (Fsp3) is 0.529. The largest absolute Gasteiger partial charge is 0.465 e. The second-order valence-electron chi connectivity index (χ2n) is 6.01. The molecule has 142 valence electrons. The van der Waals surface area contributed by atoms with Gasteiger partial charge in [0.1, 0.15) is 11.6 Å². The Balaban J connectivity index is 2.27. The summed E-state index contributed by atoms with van der Waals surface area (Å²) in [6, 6.07) is 0.819. The van der Waals surface area contributed by atoms with Crippen molar-refractivity contribution in [1.82, 2.24) is 19.9 Å². The molecule has 0 bridgehead atoms. The molecule has 2 aromatic rings. The average molecular weight is 364 g/mol. The molecule has 0 unspecified atom stereocenters. The van der Waals surface area contributed by atoms with E-state index in [0.29, 0.717) is 12.3 Å². The van der Waals surface area contributed by atoms with Gasteiger partial charge in [-0.3, -0.25) is 20.0 Å². The monoisotopic (exact) mass is 364 g/mol. The smallest absolute Gasteiger partial charge is 0.343 e. The van der Waals surface area contributed by atoms with E-state index in [-0.39, 0.29) is 41.8 Å². The molecule has 0 radical (unpaired) electrons. The highest BCUT2D eigenvalue weighted by Crippen LogP contribution is 2.10. The molecule has 1 atom stereocenters. The van der Waals surface area contributed by atoms with Crippen molar-refractivity contribution in [3.63, 3.8) is 0 Å². The third-order valence-corrected chi connectivity index (χ3v) is 3.76. The van der Waals surface area contributed by atoms with Gasteiger partial charge in [0.25, 0.3) is 5.56 Å². The molecular formula is C17H24N4O5. The van der Waals surface area contributed by atoms with E-state index in [2.05, 4.69) is 15.4 Å². The lowest BCUT2D eigenvalue weighted by atomic mass is 10.0. The molecule has 0 aliphatic rings. The van der Waals surface area contributed by atoms with E-state index in [4.69, 9.17) is 9.47 Å². The Morgan fingerprint density at radius 1 is 1.27 bits per heavy atom. The number of carbonyl (C=O) groups is 2. The molecule has 2 aromatic heterocycles. The normalized spacial score (nSPS) is 12.3. The molecule has 0 spiro atoms. The van der Waals surface area contributed by atoms with Crippen LogP contribution in [0.1, 0.15) is 43.7 Å². The molecule has 0 aliphatic heterocycles. The van der Waals surface area contributed by atoms with E-state index in [0.717, 1.165) is 0 Å². The molecule has 9 heteroatoms. The standard InChI is InChI=1S/C17H24N4O5/c1-5-25-16(23)12-9-19-21-13(22)7-11(20-15(12)21)8-18-14(10(3)4)17(24)26-6-2/h7,9-10,14,18-19H,5-6,8H2,1-4H3/t14-/m0/s1. The van der Waals surface area contributed by atoms with Crippen LogP contribution in [0.2, 0.25) is 0 Å². The van der Waals surface area contributed by atoms with Crippen molar-refractivity contribution in [2.24, 2.45) is 5.92 Å². The topological polar surface area (TPSA) is 115 Å². The number of aromatic nitrogens is 3. The van der Waals surface area contributed by atoms with E-state index >= 15 is 0 Å². The molecule has 0 amide bonds. The van der Waals surface area contributed by atoms with Crippen molar-refractivity contribution in [3.8, 4) is 0 Å². The maximum Gasteiger partial charge on any atom is 0.343 e. The van der Waals surface area contributed by atoms with E-state index < -0.39 is 12.0 Å². The Hall–Kier alpha value is -2.68. The zero-order chi connectivity index (χ0) is 19.3. The first-order valence-corrected chi connectivity index (χ1v) is 8.56. The number of nitrogens with zero attached hydrogens (tertiary/aromatic N) is 2. The van der Waals surface area contributed by atoms with Crippen LogP contribution in [0, 0.1) is 5.92 Å². The minimum absolute atomic E-state index is 0.00114. The van der Waals surface area contributed by atoms with Gasteiger partial charge in [0.15, 0.2) is 5.65 Å². The Morgan fingerprint density at radius 3 is 2.58 bits per heavy atom. The molecule has 0 aliphatic carbocycles. The van der Waals surface area contributed by atoms with Gasteiger partial charge < -0.3 is 9.47 Å². The first-order chi connectivity index (χ1) is 12.4. The summed E-state index contributed by atoms with van der Waals surface area (Å²) < 4.78 is 11.2. The van der Waals surface area contributed by atoms with Crippen molar-refractivity contribution in [2.45, 2.75) is 40.3 Å². The molecule has 0 fully saturated rings. The minimum atomic E-state index is -0.560. The highest BCUT2D eigenvalue weighted by molar-refractivity contribution is 5.95. The third-order valence-electron chi connectivity index (χ3n) is 3.76. The molecule has 2 N–H and O–H groups in total. The minimum Gasteiger partial charge on any atom is -0.465 e. The van der Waals surface area contributed by atoms with Gasteiger partial charge in [-0.2, -0.15) is 0 Å². The predicted molar refractivity (Wildman–Crippen MR) is 93.9 cm³/mol. The van der Waals surface area contributed by atoms with E-state index in [1.165, 1.54) is 16.8 Å². The highest BCUT2D eigenvalue weighted by atomic mass is 16.5. The van der Waals surface area contributed by atoms with Crippen LogP contribution in [0.15, 0.2) is 17.1 Å². The number of H-pyrrole nitrogens is 1. The van der Waals surface area contributed by atoms with Crippen molar-refractivity contribution >= 4 is 17.6 Å². The Bertz CT molecular complexity index is 839. The molecule has 0 saturated heterocycles.